The van der Waals surface area contributed by atoms with Crippen molar-refractivity contribution in [3.8, 4) is 0 Å². The minimum atomic E-state index is -0.560. The van der Waals surface area contributed by atoms with Crippen LogP contribution in [0.4, 0.5) is 0 Å². The van der Waals surface area contributed by atoms with E-state index in [0.29, 0.717) is 0 Å². The molecule has 0 saturated heterocycles. The van der Waals surface area contributed by atoms with Gasteiger partial charge in [-0.1, -0.05) is 25.3 Å². The van der Waals surface area contributed by atoms with Gasteiger partial charge in [0.1, 0.15) is 0 Å². The maximum absolute atomic E-state index is 8.11. The minimum absolute atomic E-state index is 0.139. The molecule has 0 rings (SSSR count). The number of aliphatic hydroxyl groups excluding tert-OH is 2. The van der Waals surface area contributed by atoms with Crippen LogP contribution >= 0.6 is 0 Å². The van der Waals surface area contributed by atoms with E-state index >= 15 is 0 Å². The molecule has 0 fully saturated rings. The molecule has 2 nitrogen and oxygen atoms in total. The summed E-state index contributed by atoms with van der Waals surface area (Å²) in [6.07, 6.45) is 2.72. The van der Waals surface area contributed by atoms with Crippen LogP contribution in [0.1, 0.15) is 6.92 Å². The van der Waals surface area contributed by atoms with Gasteiger partial charge in [0.25, 0.3) is 0 Å². The van der Waals surface area contributed by atoms with E-state index in [1.807, 2.05) is 0 Å². The van der Waals surface area contributed by atoms with E-state index in [4.69, 9.17) is 10.2 Å². The van der Waals surface area contributed by atoms with Crippen molar-refractivity contribution in [1.29, 1.82) is 0 Å². The van der Waals surface area contributed by atoms with Gasteiger partial charge in [0.05, 0.1) is 12.7 Å². The molecule has 0 aliphatic heterocycles. The number of rotatable bonds is 2. The molecule has 0 aromatic rings. The zero-order valence-electron chi connectivity index (χ0n) is 5.75. The fraction of sp³-hybridized carbons (Fsp3) is 0.429. The number of aliphatic hydroxyl groups is 2. The molecule has 0 aliphatic rings. The van der Waals surface area contributed by atoms with Gasteiger partial charge in [-0.05, 0) is 6.92 Å². The smallest absolute Gasteiger partial charge is 0.0742 e. The Morgan fingerprint density at radius 2 is 1.67 bits per heavy atom. The zero-order valence-corrected chi connectivity index (χ0v) is 5.75. The van der Waals surface area contributed by atoms with E-state index in [0.717, 1.165) is 0 Å². The standard InChI is InChI=1S/C4H6.C3H8O2/c1-3-4-2;1-3(5)2-4/h3-4H,1-2H2;3-5H,2H2,1H3. The van der Waals surface area contributed by atoms with Crippen molar-refractivity contribution in [2.24, 2.45) is 0 Å². The van der Waals surface area contributed by atoms with Crippen LogP contribution in [0.15, 0.2) is 25.3 Å². The highest BCUT2D eigenvalue weighted by molar-refractivity contribution is 4.88. The second-order valence-electron chi connectivity index (χ2n) is 1.50. The molecule has 0 heterocycles. The molecule has 0 saturated carbocycles. The van der Waals surface area contributed by atoms with Crippen LogP contribution < -0.4 is 0 Å². The second-order valence-corrected chi connectivity index (χ2v) is 1.50. The molecule has 1 atom stereocenters. The highest BCUT2D eigenvalue weighted by Gasteiger charge is 1.83. The van der Waals surface area contributed by atoms with Crippen LogP contribution in [-0.4, -0.2) is 22.9 Å². The lowest BCUT2D eigenvalue weighted by Crippen LogP contribution is -2.03. The van der Waals surface area contributed by atoms with E-state index in [1.165, 1.54) is 6.92 Å². The molecular weight excluding hydrogens is 116 g/mol. The van der Waals surface area contributed by atoms with Crippen LogP contribution in [0.5, 0.6) is 0 Å². The van der Waals surface area contributed by atoms with Crippen LogP contribution in [0.3, 0.4) is 0 Å². The van der Waals surface area contributed by atoms with Crippen LogP contribution in [0.25, 0.3) is 0 Å². The van der Waals surface area contributed by atoms with Crippen molar-refractivity contribution >= 4 is 0 Å². The summed E-state index contributed by atoms with van der Waals surface area (Å²) < 4.78 is 0. The first kappa shape index (κ1) is 11.2. The molecule has 0 aliphatic carbocycles. The van der Waals surface area contributed by atoms with E-state index in [9.17, 15) is 0 Å². The average Bonchev–Trinajstić information content (AvgIpc) is 1.89. The number of hydrogen-bond acceptors (Lipinski definition) is 2. The summed E-state index contributed by atoms with van der Waals surface area (Å²) in [5.41, 5.74) is 0. The quantitative estimate of drug-likeness (QED) is 0.541. The lowest BCUT2D eigenvalue weighted by molar-refractivity contribution is 0.110. The van der Waals surface area contributed by atoms with Gasteiger partial charge in [-0.3, -0.25) is 0 Å². The summed E-state index contributed by atoms with van der Waals surface area (Å²) >= 11 is 0. The Bertz CT molecular complexity index is 61.3. The molecule has 1 unspecified atom stereocenters. The van der Waals surface area contributed by atoms with Gasteiger partial charge in [0, 0.05) is 0 Å². The summed E-state index contributed by atoms with van der Waals surface area (Å²) in [6.45, 7) is 8.11. The molecule has 0 aromatic heterocycles. The molecular formula is C7H14O2. The van der Waals surface area contributed by atoms with E-state index in [1.54, 1.807) is 12.2 Å². The van der Waals surface area contributed by atoms with E-state index < -0.39 is 6.10 Å². The molecule has 0 amide bonds. The maximum atomic E-state index is 8.11. The fourth-order valence-electron chi connectivity index (χ4n) is 0. The Labute approximate surface area is 56.1 Å². The second kappa shape index (κ2) is 10.4. The minimum Gasteiger partial charge on any atom is -0.394 e. The summed E-state index contributed by atoms with van der Waals surface area (Å²) in [6, 6.07) is 0. The van der Waals surface area contributed by atoms with E-state index in [2.05, 4.69) is 13.2 Å². The Balaban J connectivity index is 0. The Morgan fingerprint density at radius 3 is 1.67 bits per heavy atom. The molecule has 9 heavy (non-hydrogen) atoms. The Morgan fingerprint density at radius 1 is 1.44 bits per heavy atom. The van der Waals surface area contributed by atoms with Gasteiger partial charge >= 0.3 is 0 Å². The molecule has 2 heteroatoms. The third kappa shape index (κ3) is 37.5. The van der Waals surface area contributed by atoms with Crippen molar-refractivity contribution in [2.45, 2.75) is 13.0 Å². The van der Waals surface area contributed by atoms with Gasteiger partial charge in [0.15, 0.2) is 0 Å². The topological polar surface area (TPSA) is 40.5 Å². The fourth-order valence-corrected chi connectivity index (χ4v) is 0. The molecule has 0 radical (unpaired) electrons. The molecule has 2 N–H and O–H groups in total. The van der Waals surface area contributed by atoms with Crippen molar-refractivity contribution in [2.75, 3.05) is 6.61 Å². The zero-order chi connectivity index (χ0) is 7.70. The van der Waals surface area contributed by atoms with Crippen molar-refractivity contribution in [3.05, 3.63) is 25.3 Å². The van der Waals surface area contributed by atoms with Gasteiger partial charge in [0.2, 0.25) is 0 Å². The first-order chi connectivity index (χ1) is 4.18. The summed E-state index contributed by atoms with van der Waals surface area (Å²) in [5, 5.41) is 16.0. The average molecular weight is 130 g/mol. The summed E-state index contributed by atoms with van der Waals surface area (Å²) in [5.74, 6) is 0. The van der Waals surface area contributed by atoms with Crippen molar-refractivity contribution < 1.29 is 10.2 Å². The van der Waals surface area contributed by atoms with Gasteiger partial charge in [-0.15, -0.1) is 0 Å². The van der Waals surface area contributed by atoms with Gasteiger partial charge in [-0.25, -0.2) is 0 Å². The maximum Gasteiger partial charge on any atom is 0.0742 e. The monoisotopic (exact) mass is 130 g/mol. The third-order valence-corrected chi connectivity index (χ3v) is 0.431. The predicted molar refractivity (Wildman–Crippen MR) is 39.2 cm³/mol. The molecule has 0 spiro atoms. The number of allylic oxidation sites excluding steroid dienone is 2. The van der Waals surface area contributed by atoms with Crippen molar-refractivity contribution in [1.82, 2.24) is 0 Å². The number of hydrogen-bond donors (Lipinski definition) is 2. The first-order valence-corrected chi connectivity index (χ1v) is 2.71. The van der Waals surface area contributed by atoms with Crippen LogP contribution in [0, 0.1) is 0 Å². The Hall–Kier alpha value is -0.600. The highest BCUT2D eigenvalue weighted by Crippen LogP contribution is 1.68. The SMILES string of the molecule is C=CC=C.CC(O)CO. The largest absolute Gasteiger partial charge is 0.394 e. The lowest BCUT2D eigenvalue weighted by atomic mass is 10.5. The molecule has 0 bridgehead atoms. The highest BCUT2D eigenvalue weighted by atomic mass is 16.3. The molecule has 0 aromatic carbocycles. The van der Waals surface area contributed by atoms with Gasteiger partial charge < -0.3 is 10.2 Å². The van der Waals surface area contributed by atoms with Gasteiger partial charge in [-0.2, -0.15) is 0 Å². The third-order valence-electron chi connectivity index (χ3n) is 0.431. The van der Waals surface area contributed by atoms with Crippen LogP contribution in [0.2, 0.25) is 0 Å². The first-order valence-electron chi connectivity index (χ1n) is 2.71. The normalized spacial score (nSPS) is 10.6. The predicted octanol–water partition coefficient (Wildman–Crippen LogP) is 0.718. The van der Waals surface area contributed by atoms with Crippen molar-refractivity contribution in [3.63, 3.8) is 0 Å². The van der Waals surface area contributed by atoms with Crippen LogP contribution in [-0.2, 0) is 0 Å². The molecule has 54 valence electrons. The lowest BCUT2D eigenvalue weighted by Gasteiger charge is -1.90. The Kier molecular flexibility index (Phi) is 13.0. The summed E-state index contributed by atoms with van der Waals surface area (Å²) in [4.78, 5) is 0. The van der Waals surface area contributed by atoms with E-state index in [-0.39, 0.29) is 6.61 Å². The summed E-state index contributed by atoms with van der Waals surface area (Å²) in [7, 11) is 0.